The second-order valence-corrected chi connectivity index (χ2v) is 5.88. The lowest BCUT2D eigenvalue weighted by Crippen LogP contribution is -2.46. The number of carbonyl (C=O) groups excluding carboxylic acids is 1. The summed E-state index contributed by atoms with van der Waals surface area (Å²) >= 11 is 0. The largest absolute Gasteiger partial charge is 0.391 e. The predicted molar refractivity (Wildman–Crippen MR) is 77.2 cm³/mol. The lowest BCUT2D eigenvalue weighted by Gasteiger charge is -2.27. The fourth-order valence-corrected chi connectivity index (χ4v) is 1.82. The third-order valence-corrected chi connectivity index (χ3v) is 3.50. The summed E-state index contributed by atoms with van der Waals surface area (Å²) in [7, 11) is 1.66. The molecule has 0 heterocycles. The molecule has 0 aromatic rings. The van der Waals surface area contributed by atoms with Crippen molar-refractivity contribution in [1.29, 1.82) is 0 Å². The van der Waals surface area contributed by atoms with Gasteiger partial charge < -0.3 is 20.5 Å². The van der Waals surface area contributed by atoms with Crippen LogP contribution >= 0.6 is 0 Å². The third-order valence-electron chi connectivity index (χ3n) is 3.50. The topological polar surface area (TPSA) is 70.6 Å². The average Bonchev–Trinajstić information content (AvgIpc) is 2.34. The van der Waals surface area contributed by atoms with Gasteiger partial charge in [0.2, 0.25) is 0 Å². The fraction of sp³-hybridized carbons (Fsp3) is 0.929. The zero-order valence-corrected chi connectivity index (χ0v) is 13.1. The molecule has 3 atom stereocenters. The Kier molecular flexibility index (Phi) is 8.02. The summed E-state index contributed by atoms with van der Waals surface area (Å²) in [6, 6.07) is -0.238. The number of amides is 2. The van der Waals surface area contributed by atoms with E-state index < -0.39 is 6.10 Å². The minimum atomic E-state index is -0.499. The van der Waals surface area contributed by atoms with Gasteiger partial charge in [0.15, 0.2) is 0 Å². The van der Waals surface area contributed by atoms with E-state index in [1.54, 1.807) is 7.11 Å². The molecule has 0 spiro atoms. The van der Waals surface area contributed by atoms with Gasteiger partial charge >= 0.3 is 6.03 Å². The zero-order chi connectivity index (χ0) is 15.1. The molecule has 0 aromatic heterocycles. The van der Waals surface area contributed by atoms with Gasteiger partial charge in [-0.25, -0.2) is 4.79 Å². The Balaban J connectivity index is 3.98. The molecule has 0 aliphatic carbocycles. The second kappa shape index (κ2) is 8.38. The van der Waals surface area contributed by atoms with Crippen molar-refractivity contribution in [2.45, 2.75) is 65.2 Å². The Hall–Kier alpha value is -0.810. The Bertz CT molecular complexity index is 269. The molecular weight excluding hydrogens is 244 g/mol. The van der Waals surface area contributed by atoms with Crippen molar-refractivity contribution in [2.75, 3.05) is 13.7 Å². The molecule has 0 fully saturated rings. The summed E-state index contributed by atoms with van der Waals surface area (Å²) in [5.74, 6) is 0.185. The van der Waals surface area contributed by atoms with Gasteiger partial charge in [0.25, 0.3) is 0 Å². The number of nitrogens with one attached hydrogen (secondary N) is 2. The highest BCUT2D eigenvalue weighted by Crippen LogP contribution is 2.15. The lowest BCUT2D eigenvalue weighted by atomic mass is 10.00. The average molecular weight is 274 g/mol. The van der Waals surface area contributed by atoms with Crippen molar-refractivity contribution < 1.29 is 14.6 Å². The van der Waals surface area contributed by atoms with Crippen LogP contribution in [-0.4, -0.2) is 42.5 Å². The summed E-state index contributed by atoms with van der Waals surface area (Å²) in [5, 5.41) is 15.3. The molecule has 5 nitrogen and oxygen atoms in total. The number of hydrogen-bond acceptors (Lipinski definition) is 3. The van der Waals surface area contributed by atoms with Crippen molar-refractivity contribution in [1.82, 2.24) is 10.6 Å². The molecule has 114 valence electrons. The van der Waals surface area contributed by atoms with Gasteiger partial charge in [0.1, 0.15) is 0 Å². The SMILES string of the molecule is CCC(C)C(O)CNC(=O)NC(C)CC(C)(C)OC. The van der Waals surface area contributed by atoms with E-state index in [1.165, 1.54) is 0 Å². The summed E-state index contributed by atoms with van der Waals surface area (Å²) in [5.41, 5.74) is -0.261. The number of hydrogen-bond donors (Lipinski definition) is 3. The minimum Gasteiger partial charge on any atom is -0.391 e. The number of carbonyl (C=O) groups is 1. The first-order chi connectivity index (χ1) is 8.71. The van der Waals surface area contributed by atoms with Crippen LogP contribution in [0.2, 0.25) is 0 Å². The molecular formula is C14H30N2O3. The third kappa shape index (κ3) is 8.06. The highest BCUT2D eigenvalue weighted by atomic mass is 16.5. The van der Waals surface area contributed by atoms with E-state index in [9.17, 15) is 9.90 Å². The maximum Gasteiger partial charge on any atom is 0.315 e. The van der Waals surface area contributed by atoms with Crippen molar-refractivity contribution in [3.63, 3.8) is 0 Å². The molecule has 0 aliphatic rings. The van der Waals surface area contributed by atoms with Crippen LogP contribution in [0.15, 0.2) is 0 Å². The van der Waals surface area contributed by atoms with E-state index in [2.05, 4.69) is 10.6 Å². The van der Waals surface area contributed by atoms with E-state index in [0.29, 0.717) is 0 Å². The van der Waals surface area contributed by atoms with Crippen molar-refractivity contribution in [2.24, 2.45) is 5.92 Å². The number of ether oxygens (including phenoxy) is 1. The first kappa shape index (κ1) is 18.2. The van der Waals surface area contributed by atoms with Crippen LogP contribution in [0.1, 0.15) is 47.5 Å². The Morgan fingerprint density at radius 1 is 1.37 bits per heavy atom. The Morgan fingerprint density at radius 3 is 2.42 bits per heavy atom. The molecule has 0 saturated heterocycles. The van der Waals surface area contributed by atoms with Crippen LogP contribution in [0.4, 0.5) is 4.79 Å². The highest BCUT2D eigenvalue weighted by Gasteiger charge is 2.21. The van der Waals surface area contributed by atoms with Gasteiger partial charge in [-0.1, -0.05) is 20.3 Å². The van der Waals surface area contributed by atoms with Crippen LogP contribution in [-0.2, 0) is 4.74 Å². The van der Waals surface area contributed by atoms with Crippen LogP contribution in [0.5, 0.6) is 0 Å². The summed E-state index contributed by atoms with van der Waals surface area (Å²) in [6.45, 7) is 10.2. The van der Waals surface area contributed by atoms with Crippen molar-refractivity contribution in [3.8, 4) is 0 Å². The van der Waals surface area contributed by atoms with Gasteiger partial charge in [0, 0.05) is 19.7 Å². The zero-order valence-electron chi connectivity index (χ0n) is 13.1. The monoisotopic (exact) mass is 274 g/mol. The van der Waals surface area contributed by atoms with Crippen molar-refractivity contribution in [3.05, 3.63) is 0 Å². The molecule has 2 amide bonds. The maximum absolute atomic E-state index is 11.7. The molecule has 0 saturated carbocycles. The standard InChI is InChI=1S/C14H30N2O3/c1-7-10(2)12(17)9-15-13(18)16-11(3)8-14(4,5)19-6/h10-12,17H,7-9H2,1-6H3,(H2,15,16,18). The molecule has 5 heteroatoms. The first-order valence-electron chi connectivity index (χ1n) is 6.99. The number of aliphatic hydroxyl groups is 1. The molecule has 3 N–H and O–H groups in total. The Labute approximate surface area is 117 Å². The van der Waals surface area contributed by atoms with Crippen LogP contribution in [0, 0.1) is 5.92 Å². The van der Waals surface area contributed by atoms with E-state index in [0.717, 1.165) is 12.8 Å². The number of rotatable bonds is 8. The van der Waals surface area contributed by atoms with Crippen molar-refractivity contribution >= 4 is 6.03 Å². The second-order valence-electron chi connectivity index (χ2n) is 5.88. The maximum atomic E-state index is 11.7. The molecule has 3 unspecified atom stereocenters. The molecule has 19 heavy (non-hydrogen) atoms. The van der Waals surface area contributed by atoms with Gasteiger partial charge in [-0.15, -0.1) is 0 Å². The first-order valence-corrected chi connectivity index (χ1v) is 6.99. The van der Waals surface area contributed by atoms with Gasteiger partial charge in [0.05, 0.1) is 11.7 Å². The normalized spacial score (nSPS) is 16.6. The van der Waals surface area contributed by atoms with E-state index in [-0.39, 0.29) is 30.1 Å². The molecule has 0 radical (unpaired) electrons. The Morgan fingerprint density at radius 2 is 1.95 bits per heavy atom. The predicted octanol–water partition coefficient (Wildman–Crippen LogP) is 1.90. The number of aliphatic hydroxyl groups excluding tert-OH is 1. The fourth-order valence-electron chi connectivity index (χ4n) is 1.82. The molecule has 0 bridgehead atoms. The smallest absolute Gasteiger partial charge is 0.315 e. The summed E-state index contributed by atoms with van der Waals surface area (Å²) in [6.07, 6.45) is 1.12. The number of methoxy groups -OCH3 is 1. The molecule has 0 aliphatic heterocycles. The molecule has 0 aromatic carbocycles. The van der Waals surface area contributed by atoms with Gasteiger partial charge in [-0.3, -0.25) is 0 Å². The number of urea groups is 1. The van der Waals surface area contributed by atoms with Gasteiger partial charge in [-0.2, -0.15) is 0 Å². The van der Waals surface area contributed by atoms with E-state index in [1.807, 2.05) is 34.6 Å². The highest BCUT2D eigenvalue weighted by molar-refractivity contribution is 5.74. The molecule has 0 rings (SSSR count). The van der Waals surface area contributed by atoms with Crippen LogP contribution < -0.4 is 10.6 Å². The van der Waals surface area contributed by atoms with Gasteiger partial charge in [-0.05, 0) is 33.1 Å². The summed E-state index contributed by atoms with van der Waals surface area (Å²) in [4.78, 5) is 11.7. The van der Waals surface area contributed by atoms with E-state index >= 15 is 0 Å². The van der Waals surface area contributed by atoms with E-state index in [4.69, 9.17) is 4.74 Å². The minimum absolute atomic E-state index is 0.00990. The van der Waals surface area contributed by atoms with Crippen LogP contribution in [0.3, 0.4) is 0 Å². The lowest BCUT2D eigenvalue weighted by molar-refractivity contribution is 0.00945. The summed E-state index contributed by atoms with van der Waals surface area (Å²) < 4.78 is 5.32. The van der Waals surface area contributed by atoms with Crippen LogP contribution in [0.25, 0.3) is 0 Å². The quantitative estimate of drug-likeness (QED) is 0.633.